The second-order valence-electron chi connectivity index (χ2n) is 5.70. The highest BCUT2D eigenvalue weighted by molar-refractivity contribution is 5.74. The Morgan fingerprint density at radius 3 is 2.38 bits per heavy atom. The number of rotatable bonds is 3. The zero-order chi connectivity index (χ0) is 17.7. The number of amides is 2. The monoisotopic (exact) mass is 338 g/mol. The molecule has 1 atom stereocenters. The van der Waals surface area contributed by atoms with E-state index in [0.717, 1.165) is 5.01 Å². The zero-order valence-electron chi connectivity index (χ0n) is 14.1. The van der Waals surface area contributed by atoms with Crippen LogP contribution < -0.4 is 14.9 Å². The topological polar surface area (TPSA) is 86.3 Å². The van der Waals surface area contributed by atoms with Gasteiger partial charge in [-0.2, -0.15) is 5.01 Å². The molecule has 1 aliphatic rings. The number of hydrogen-bond acceptors (Lipinski definition) is 6. The van der Waals surface area contributed by atoms with E-state index in [1.807, 2.05) is 6.07 Å². The second kappa shape index (κ2) is 7.76. The van der Waals surface area contributed by atoms with E-state index in [4.69, 9.17) is 18.9 Å². The maximum Gasteiger partial charge on any atom is 0.432 e. The average Bonchev–Trinajstić information content (AvgIpc) is 2.50. The first-order chi connectivity index (χ1) is 11.4. The van der Waals surface area contributed by atoms with Crippen LogP contribution in [0.15, 0.2) is 24.3 Å². The summed E-state index contributed by atoms with van der Waals surface area (Å²) in [6, 6.07) is 7.05. The molecule has 0 bridgehead atoms. The largest absolute Gasteiger partial charge is 0.484 e. The Kier molecular flexibility index (Phi) is 5.73. The van der Waals surface area contributed by atoms with E-state index in [0.29, 0.717) is 11.5 Å². The quantitative estimate of drug-likeness (QED) is 0.853. The molecule has 132 valence electrons. The lowest BCUT2D eigenvalue weighted by molar-refractivity contribution is -0.0551. The molecule has 1 aliphatic heterocycles. The number of carbonyl (C=O) groups excluding carboxylic acids is 2. The van der Waals surface area contributed by atoms with Gasteiger partial charge in [0, 0.05) is 0 Å². The lowest BCUT2D eigenvalue weighted by atomic mass is 10.3. The van der Waals surface area contributed by atoms with Gasteiger partial charge in [0.2, 0.25) is 6.23 Å². The van der Waals surface area contributed by atoms with Gasteiger partial charge in [-0.1, -0.05) is 12.1 Å². The van der Waals surface area contributed by atoms with E-state index >= 15 is 0 Å². The molecule has 0 aliphatic carbocycles. The summed E-state index contributed by atoms with van der Waals surface area (Å²) in [4.78, 5) is 24.1. The first kappa shape index (κ1) is 17.7. The van der Waals surface area contributed by atoms with Gasteiger partial charge >= 0.3 is 12.2 Å². The molecule has 0 fully saturated rings. The molecule has 1 unspecified atom stereocenters. The summed E-state index contributed by atoms with van der Waals surface area (Å²) in [5.41, 5.74) is 2.35. The number of hydrazine groups is 1. The van der Waals surface area contributed by atoms with Gasteiger partial charge in [0.15, 0.2) is 11.5 Å². The minimum atomic E-state index is -0.883. The normalized spacial score (nSPS) is 15.8. The van der Waals surface area contributed by atoms with Crippen molar-refractivity contribution in [1.29, 1.82) is 0 Å². The van der Waals surface area contributed by atoms with Crippen LogP contribution >= 0.6 is 0 Å². The van der Waals surface area contributed by atoms with Gasteiger partial charge in [0.05, 0.1) is 12.2 Å². The van der Waals surface area contributed by atoms with Crippen LogP contribution in [0, 0.1) is 0 Å². The molecule has 0 saturated carbocycles. The van der Waals surface area contributed by atoms with E-state index in [1.54, 1.807) is 45.9 Å². The fraction of sp³-hybridized carbons (Fsp3) is 0.500. The molecule has 1 heterocycles. The molecule has 0 radical (unpaired) electrons. The molecule has 1 N–H and O–H groups in total. The summed E-state index contributed by atoms with van der Waals surface area (Å²) in [5.74, 6) is 1.03. The Morgan fingerprint density at radius 2 is 1.75 bits per heavy atom. The standard InChI is InChI=1S/C16H22N2O6/c1-10(2)22-15(19)17-18(16(20)23-11(3)4)14-9-21-12-7-5-6-8-13(12)24-14/h5-8,10-11,14H,9H2,1-4H3,(H,17,19). The number of hydrogen-bond donors (Lipinski definition) is 1. The van der Waals surface area contributed by atoms with Gasteiger partial charge in [-0.3, -0.25) is 0 Å². The molecule has 8 heteroatoms. The molecule has 24 heavy (non-hydrogen) atoms. The Labute approximate surface area is 140 Å². The highest BCUT2D eigenvalue weighted by Crippen LogP contribution is 2.31. The number of ether oxygens (including phenoxy) is 4. The maximum atomic E-state index is 12.3. The summed E-state index contributed by atoms with van der Waals surface area (Å²) in [6.45, 7) is 6.85. The molecule has 2 rings (SSSR count). The number of nitrogens with one attached hydrogen (secondary N) is 1. The summed E-state index contributed by atoms with van der Waals surface area (Å²) in [6.07, 6.45) is -3.13. The molecular formula is C16H22N2O6. The van der Waals surface area contributed by atoms with Crippen molar-refractivity contribution < 1.29 is 28.5 Å². The van der Waals surface area contributed by atoms with E-state index in [2.05, 4.69) is 5.43 Å². The Bertz CT molecular complexity index is 590. The molecular weight excluding hydrogens is 316 g/mol. The van der Waals surface area contributed by atoms with Crippen molar-refractivity contribution >= 4 is 12.2 Å². The van der Waals surface area contributed by atoms with Gasteiger partial charge in [0.1, 0.15) is 6.61 Å². The predicted molar refractivity (Wildman–Crippen MR) is 84.6 cm³/mol. The lowest BCUT2D eigenvalue weighted by Crippen LogP contribution is -2.57. The predicted octanol–water partition coefficient (Wildman–Crippen LogP) is 2.68. The van der Waals surface area contributed by atoms with Gasteiger partial charge in [-0.25, -0.2) is 15.0 Å². The fourth-order valence-corrected chi connectivity index (χ4v) is 1.97. The van der Waals surface area contributed by atoms with Crippen LogP contribution in [-0.4, -0.2) is 42.2 Å². The van der Waals surface area contributed by atoms with E-state index in [9.17, 15) is 9.59 Å². The highest BCUT2D eigenvalue weighted by Gasteiger charge is 2.33. The number of para-hydroxylation sites is 2. The minimum absolute atomic E-state index is 0.0339. The third-order valence-corrected chi connectivity index (χ3v) is 2.87. The van der Waals surface area contributed by atoms with Gasteiger partial charge in [0.25, 0.3) is 0 Å². The second-order valence-corrected chi connectivity index (χ2v) is 5.70. The first-order valence-electron chi connectivity index (χ1n) is 7.72. The van der Waals surface area contributed by atoms with Crippen LogP contribution in [0.1, 0.15) is 27.7 Å². The van der Waals surface area contributed by atoms with Crippen LogP contribution in [0.4, 0.5) is 9.59 Å². The molecule has 2 amide bonds. The number of benzene rings is 1. The first-order valence-corrected chi connectivity index (χ1v) is 7.72. The zero-order valence-corrected chi connectivity index (χ0v) is 14.1. The van der Waals surface area contributed by atoms with Gasteiger partial charge < -0.3 is 18.9 Å². The molecule has 0 saturated heterocycles. The fourth-order valence-electron chi connectivity index (χ4n) is 1.97. The van der Waals surface area contributed by atoms with Crippen LogP contribution in [0.25, 0.3) is 0 Å². The molecule has 8 nitrogen and oxygen atoms in total. The smallest absolute Gasteiger partial charge is 0.432 e. The van der Waals surface area contributed by atoms with E-state index in [1.165, 1.54) is 0 Å². The third-order valence-electron chi connectivity index (χ3n) is 2.87. The summed E-state index contributed by atoms with van der Waals surface area (Å²) >= 11 is 0. The molecule has 1 aromatic carbocycles. The maximum absolute atomic E-state index is 12.3. The molecule has 0 spiro atoms. The highest BCUT2D eigenvalue weighted by atomic mass is 16.6. The third kappa shape index (κ3) is 4.68. The van der Waals surface area contributed by atoms with Crippen molar-refractivity contribution in [2.75, 3.05) is 6.61 Å². The van der Waals surface area contributed by atoms with Crippen LogP contribution in [0.3, 0.4) is 0 Å². The Balaban J connectivity index is 2.13. The van der Waals surface area contributed by atoms with Crippen molar-refractivity contribution in [3.8, 4) is 11.5 Å². The summed E-state index contributed by atoms with van der Waals surface area (Å²) in [7, 11) is 0. The Morgan fingerprint density at radius 1 is 1.12 bits per heavy atom. The van der Waals surface area contributed by atoms with Crippen molar-refractivity contribution in [3.05, 3.63) is 24.3 Å². The van der Waals surface area contributed by atoms with E-state index < -0.39 is 18.4 Å². The van der Waals surface area contributed by atoms with E-state index in [-0.39, 0.29) is 18.8 Å². The molecule has 1 aromatic rings. The number of fused-ring (bicyclic) bond motifs is 1. The molecule has 0 aromatic heterocycles. The van der Waals surface area contributed by atoms with Crippen LogP contribution in [-0.2, 0) is 9.47 Å². The summed E-state index contributed by atoms with van der Waals surface area (Å²) < 4.78 is 21.4. The lowest BCUT2D eigenvalue weighted by Gasteiger charge is -2.34. The minimum Gasteiger partial charge on any atom is -0.484 e. The van der Waals surface area contributed by atoms with Gasteiger partial charge in [-0.15, -0.1) is 0 Å². The van der Waals surface area contributed by atoms with Crippen LogP contribution in [0.2, 0.25) is 0 Å². The van der Waals surface area contributed by atoms with Crippen molar-refractivity contribution in [1.82, 2.24) is 10.4 Å². The van der Waals surface area contributed by atoms with Crippen LogP contribution in [0.5, 0.6) is 11.5 Å². The van der Waals surface area contributed by atoms with Crippen molar-refractivity contribution in [2.24, 2.45) is 0 Å². The van der Waals surface area contributed by atoms with Crippen molar-refractivity contribution in [3.63, 3.8) is 0 Å². The average molecular weight is 338 g/mol. The van der Waals surface area contributed by atoms with Gasteiger partial charge in [-0.05, 0) is 39.8 Å². The Hall–Kier alpha value is -2.64. The summed E-state index contributed by atoms with van der Waals surface area (Å²) in [5, 5.41) is 0.931. The number of nitrogens with zero attached hydrogens (tertiary/aromatic N) is 1. The number of carbonyl (C=O) groups is 2. The SMILES string of the molecule is CC(C)OC(=O)NN(C(=O)OC(C)C)C1COc2ccccc2O1. The van der Waals surface area contributed by atoms with Crippen molar-refractivity contribution in [2.45, 2.75) is 46.1 Å².